The predicted molar refractivity (Wildman–Crippen MR) is 261 cm³/mol. The van der Waals surface area contributed by atoms with Gasteiger partial charge in [-0.05, 0) is 51.4 Å². The molecule has 0 aromatic heterocycles. The Morgan fingerprint density at radius 2 is 0.590 bits per heavy atom. The maximum atomic E-state index is 12.6. The highest BCUT2D eigenvalue weighted by Gasteiger charge is 2.19. The third-order valence-electron chi connectivity index (χ3n) is 12.0. The molecule has 0 spiro atoms. The molecule has 1 unspecified atom stereocenters. The van der Waals surface area contributed by atoms with Gasteiger partial charge in [0, 0.05) is 19.3 Å². The van der Waals surface area contributed by atoms with E-state index >= 15 is 0 Å². The Morgan fingerprint density at radius 3 is 0.902 bits per heavy atom. The molecule has 0 aromatic rings. The first-order valence-electron chi connectivity index (χ1n) is 26.8. The zero-order chi connectivity index (χ0) is 44.4. The van der Waals surface area contributed by atoms with Crippen LogP contribution >= 0.6 is 0 Å². The number of allylic oxidation sites excluding steroid dienone is 4. The van der Waals surface area contributed by atoms with Gasteiger partial charge in [-0.15, -0.1) is 0 Å². The van der Waals surface area contributed by atoms with Crippen LogP contribution in [0, 0.1) is 0 Å². The molecule has 0 radical (unpaired) electrons. The van der Waals surface area contributed by atoms with Crippen molar-refractivity contribution in [3.05, 3.63) is 24.3 Å². The van der Waals surface area contributed by atoms with Gasteiger partial charge in [-0.25, -0.2) is 0 Å². The molecule has 61 heavy (non-hydrogen) atoms. The summed E-state index contributed by atoms with van der Waals surface area (Å²) >= 11 is 0. The van der Waals surface area contributed by atoms with Gasteiger partial charge in [0.1, 0.15) is 13.2 Å². The zero-order valence-corrected chi connectivity index (χ0v) is 40.9. The quantitative estimate of drug-likeness (QED) is 0.0262. The van der Waals surface area contributed by atoms with E-state index in [9.17, 15) is 14.4 Å². The first kappa shape index (κ1) is 58.9. The van der Waals surface area contributed by atoms with Crippen molar-refractivity contribution in [3.63, 3.8) is 0 Å². The maximum absolute atomic E-state index is 12.6. The Labute approximate surface area is 379 Å². The average Bonchev–Trinajstić information content (AvgIpc) is 3.26. The van der Waals surface area contributed by atoms with Gasteiger partial charge >= 0.3 is 17.9 Å². The topological polar surface area (TPSA) is 78.9 Å². The first-order chi connectivity index (χ1) is 30.0. The fraction of sp³-hybridized carbons (Fsp3) is 0.873. The molecule has 6 nitrogen and oxygen atoms in total. The minimum atomic E-state index is -0.760. The van der Waals surface area contributed by atoms with E-state index in [1.807, 2.05) is 0 Å². The van der Waals surface area contributed by atoms with Gasteiger partial charge in [-0.2, -0.15) is 0 Å². The van der Waals surface area contributed by atoms with Crippen LogP contribution in [0.25, 0.3) is 0 Å². The molecule has 0 bridgehead atoms. The van der Waals surface area contributed by atoms with E-state index in [2.05, 4.69) is 45.1 Å². The Kier molecular flexibility index (Phi) is 48.8. The second kappa shape index (κ2) is 50.5. The fourth-order valence-electron chi connectivity index (χ4n) is 7.89. The minimum Gasteiger partial charge on any atom is -0.462 e. The SMILES string of the molecule is CCCCCCC/C=C\C/C=C\CCCCCCCCCCCCCCCCCCCC(=O)OCC(COC(=O)CCCCCCCCC)OC(=O)CCCCCCCCC. The summed E-state index contributed by atoms with van der Waals surface area (Å²) in [6, 6.07) is 0. The van der Waals surface area contributed by atoms with Crippen molar-refractivity contribution >= 4 is 17.9 Å². The first-order valence-corrected chi connectivity index (χ1v) is 26.8. The second-order valence-electron chi connectivity index (χ2n) is 18.2. The zero-order valence-electron chi connectivity index (χ0n) is 40.9. The van der Waals surface area contributed by atoms with Gasteiger partial charge in [0.25, 0.3) is 0 Å². The molecule has 0 rings (SSSR count). The van der Waals surface area contributed by atoms with Gasteiger partial charge < -0.3 is 14.2 Å². The summed E-state index contributed by atoms with van der Waals surface area (Å²) in [5.41, 5.74) is 0. The Hall–Kier alpha value is -2.11. The highest BCUT2D eigenvalue weighted by Crippen LogP contribution is 2.16. The Morgan fingerprint density at radius 1 is 0.328 bits per heavy atom. The highest BCUT2D eigenvalue weighted by atomic mass is 16.6. The minimum absolute atomic E-state index is 0.0669. The summed E-state index contributed by atoms with van der Waals surface area (Å²) in [4.78, 5) is 37.5. The molecule has 6 heteroatoms. The molecular formula is C55H102O6. The van der Waals surface area contributed by atoms with Gasteiger partial charge in [-0.1, -0.05) is 244 Å². The molecule has 0 aliphatic rings. The van der Waals surface area contributed by atoms with Crippen molar-refractivity contribution in [2.24, 2.45) is 0 Å². The van der Waals surface area contributed by atoms with Crippen LogP contribution in [0.3, 0.4) is 0 Å². The van der Waals surface area contributed by atoms with Crippen LogP contribution in [0.5, 0.6) is 0 Å². The van der Waals surface area contributed by atoms with Crippen LogP contribution in [-0.4, -0.2) is 37.2 Å². The molecule has 0 aliphatic carbocycles. The third kappa shape index (κ3) is 48.8. The molecule has 0 fully saturated rings. The molecule has 0 heterocycles. The van der Waals surface area contributed by atoms with Crippen LogP contribution in [0.1, 0.15) is 290 Å². The number of carbonyl (C=O) groups excluding carboxylic acids is 3. The summed E-state index contributed by atoms with van der Waals surface area (Å²) in [6.45, 7) is 6.56. The maximum Gasteiger partial charge on any atom is 0.306 e. The van der Waals surface area contributed by atoms with Crippen LogP contribution < -0.4 is 0 Å². The molecule has 1 atom stereocenters. The number of carbonyl (C=O) groups is 3. The van der Waals surface area contributed by atoms with Crippen LogP contribution in [0.2, 0.25) is 0 Å². The summed E-state index contributed by atoms with van der Waals surface area (Å²) in [5.74, 6) is -0.870. The van der Waals surface area contributed by atoms with E-state index in [1.54, 1.807) is 0 Å². The smallest absolute Gasteiger partial charge is 0.306 e. The molecule has 0 aromatic carbocycles. The van der Waals surface area contributed by atoms with Crippen molar-refractivity contribution in [1.29, 1.82) is 0 Å². The van der Waals surface area contributed by atoms with E-state index in [0.29, 0.717) is 19.3 Å². The number of esters is 3. The molecule has 0 N–H and O–H groups in total. The number of hydrogen-bond acceptors (Lipinski definition) is 6. The molecule has 358 valence electrons. The van der Waals surface area contributed by atoms with Crippen molar-refractivity contribution in [3.8, 4) is 0 Å². The second-order valence-corrected chi connectivity index (χ2v) is 18.2. The lowest BCUT2D eigenvalue weighted by Gasteiger charge is -2.18. The van der Waals surface area contributed by atoms with Gasteiger partial charge in [0.2, 0.25) is 0 Å². The Balaban J connectivity index is 3.88. The summed E-state index contributed by atoms with van der Waals surface area (Å²) < 4.78 is 16.6. The van der Waals surface area contributed by atoms with Gasteiger partial charge in [0.15, 0.2) is 6.10 Å². The lowest BCUT2D eigenvalue weighted by molar-refractivity contribution is -0.167. The van der Waals surface area contributed by atoms with Gasteiger partial charge in [-0.3, -0.25) is 14.4 Å². The van der Waals surface area contributed by atoms with Crippen molar-refractivity contribution < 1.29 is 28.6 Å². The largest absolute Gasteiger partial charge is 0.462 e. The monoisotopic (exact) mass is 859 g/mol. The molecule has 0 aliphatic heterocycles. The lowest BCUT2D eigenvalue weighted by atomic mass is 10.0. The number of rotatable bonds is 49. The molecule has 0 saturated heterocycles. The van der Waals surface area contributed by atoms with Crippen molar-refractivity contribution in [2.75, 3.05) is 13.2 Å². The summed E-state index contributed by atoms with van der Waals surface area (Å²) in [7, 11) is 0. The molecular weight excluding hydrogens is 757 g/mol. The summed E-state index contributed by atoms with van der Waals surface area (Å²) in [5, 5.41) is 0. The molecule has 0 saturated carbocycles. The van der Waals surface area contributed by atoms with Crippen molar-refractivity contribution in [1.82, 2.24) is 0 Å². The van der Waals surface area contributed by atoms with E-state index in [-0.39, 0.29) is 31.1 Å². The van der Waals surface area contributed by atoms with Crippen molar-refractivity contribution in [2.45, 2.75) is 297 Å². The lowest BCUT2D eigenvalue weighted by Crippen LogP contribution is -2.30. The van der Waals surface area contributed by atoms with E-state index in [0.717, 1.165) is 64.2 Å². The Bertz CT molecular complexity index is 989. The molecule has 0 amide bonds. The number of ether oxygens (including phenoxy) is 3. The van der Waals surface area contributed by atoms with E-state index in [4.69, 9.17) is 14.2 Å². The standard InChI is InChI=1S/C55H102O6/c1-4-7-10-13-16-17-18-19-20-21-22-23-24-25-26-27-28-29-30-31-32-33-34-35-36-37-40-42-45-48-54(57)60-51-52(61-55(58)49-46-43-39-15-12-9-6-3)50-59-53(56)47-44-41-38-14-11-8-5-2/h18-19,21-22,52H,4-17,20,23-51H2,1-3H3/b19-18-,22-21-. The van der Waals surface area contributed by atoms with Crippen LogP contribution in [0.15, 0.2) is 24.3 Å². The number of unbranched alkanes of at least 4 members (excludes halogenated alkanes) is 34. The summed E-state index contributed by atoms with van der Waals surface area (Å²) in [6.07, 6.45) is 58.0. The third-order valence-corrected chi connectivity index (χ3v) is 12.0. The normalized spacial score (nSPS) is 12.1. The van der Waals surface area contributed by atoms with Crippen LogP contribution in [-0.2, 0) is 28.6 Å². The van der Waals surface area contributed by atoms with Gasteiger partial charge in [0.05, 0.1) is 0 Å². The van der Waals surface area contributed by atoms with E-state index in [1.165, 1.54) is 186 Å². The average molecular weight is 859 g/mol. The fourth-order valence-corrected chi connectivity index (χ4v) is 7.89. The number of hydrogen-bond donors (Lipinski definition) is 0. The highest BCUT2D eigenvalue weighted by molar-refractivity contribution is 5.71. The predicted octanol–water partition coefficient (Wildman–Crippen LogP) is 17.5. The van der Waals surface area contributed by atoms with E-state index < -0.39 is 6.10 Å². The van der Waals surface area contributed by atoms with Crippen LogP contribution in [0.4, 0.5) is 0 Å².